The highest BCUT2D eigenvalue weighted by molar-refractivity contribution is 5.76. The maximum Gasteiger partial charge on any atom is 0.285 e. The minimum absolute atomic E-state index is 0.0263. The lowest BCUT2D eigenvalue weighted by Gasteiger charge is -2.14. The van der Waals surface area contributed by atoms with E-state index < -0.39 is 10.5 Å². The van der Waals surface area contributed by atoms with Gasteiger partial charge < -0.3 is 5.32 Å². The minimum atomic E-state index is -0.596. The zero-order chi connectivity index (χ0) is 15.8. The summed E-state index contributed by atoms with van der Waals surface area (Å²) in [5.41, 5.74) is -0.646. The molecule has 1 aromatic heterocycles. The predicted octanol–water partition coefficient (Wildman–Crippen LogP) is 1.84. The van der Waals surface area contributed by atoms with Crippen LogP contribution >= 0.6 is 0 Å². The summed E-state index contributed by atoms with van der Waals surface area (Å²) in [5, 5.41) is 13.5. The number of unbranched alkanes of at least 4 members (excludes halogenated alkanes) is 2. The molecular weight excluding hydrogens is 274 g/mol. The Kier molecular flexibility index (Phi) is 6.58. The molecule has 0 fully saturated rings. The highest BCUT2D eigenvalue weighted by atomic mass is 16.6. The molecule has 0 aromatic carbocycles. The van der Waals surface area contributed by atoms with Gasteiger partial charge in [0.25, 0.3) is 11.2 Å². The first-order valence-electron chi connectivity index (χ1n) is 7.08. The third-order valence-electron chi connectivity index (χ3n) is 3.14. The molecule has 0 spiro atoms. The molecule has 1 aromatic rings. The molecule has 0 saturated carbocycles. The van der Waals surface area contributed by atoms with Crippen LogP contribution in [0.15, 0.2) is 23.1 Å². The third kappa shape index (κ3) is 5.76. The van der Waals surface area contributed by atoms with E-state index in [1.807, 2.05) is 6.92 Å². The van der Waals surface area contributed by atoms with Crippen molar-refractivity contribution in [3.63, 3.8) is 0 Å². The second kappa shape index (κ2) is 8.18. The Bertz CT molecular complexity index is 553. The molecule has 1 atom stereocenters. The lowest BCUT2D eigenvalue weighted by molar-refractivity contribution is -0.385. The smallest absolute Gasteiger partial charge is 0.285 e. The van der Waals surface area contributed by atoms with Crippen LogP contribution in [0, 0.1) is 10.1 Å². The Hall–Kier alpha value is -2.18. The van der Waals surface area contributed by atoms with Gasteiger partial charge in [-0.15, -0.1) is 0 Å². The van der Waals surface area contributed by atoms with Gasteiger partial charge in [0, 0.05) is 18.2 Å². The van der Waals surface area contributed by atoms with Crippen LogP contribution < -0.4 is 10.9 Å². The number of nitrogens with zero attached hydrogens (tertiary/aromatic N) is 2. The summed E-state index contributed by atoms with van der Waals surface area (Å²) in [7, 11) is 0. The van der Waals surface area contributed by atoms with Gasteiger partial charge in [-0.25, -0.2) is 0 Å². The number of aromatic nitrogens is 1. The zero-order valence-electron chi connectivity index (χ0n) is 12.4. The molecule has 0 aliphatic carbocycles. The molecule has 116 valence electrons. The van der Waals surface area contributed by atoms with E-state index in [1.54, 1.807) is 0 Å². The number of hydrogen-bond acceptors (Lipinski definition) is 4. The molecule has 1 unspecified atom stereocenters. The van der Waals surface area contributed by atoms with Gasteiger partial charge >= 0.3 is 0 Å². The van der Waals surface area contributed by atoms with Crippen molar-refractivity contribution in [1.82, 2.24) is 9.88 Å². The Morgan fingerprint density at radius 1 is 1.43 bits per heavy atom. The van der Waals surface area contributed by atoms with Gasteiger partial charge in [0.05, 0.1) is 11.1 Å². The summed E-state index contributed by atoms with van der Waals surface area (Å²) >= 11 is 0. The first-order valence-corrected chi connectivity index (χ1v) is 7.08. The summed E-state index contributed by atoms with van der Waals surface area (Å²) < 4.78 is 1.05. The van der Waals surface area contributed by atoms with Crippen LogP contribution in [0.4, 0.5) is 5.69 Å². The SMILES string of the molecule is CCCCCC(C)NC(=O)Cn1cc([N+](=O)[O-])ccc1=O. The highest BCUT2D eigenvalue weighted by Gasteiger charge is 2.12. The normalized spacial score (nSPS) is 11.9. The summed E-state index contributed by atoms with van der Waals surface area (Å²) in [5.74, 6) is -0.318. The van der Waals surface area contributed by atoms with Gasteiger partial charge in [0.15, 0.2) is 0 Å². The number of amides is 1. The standard InChI is InChI=1S/C14H21N3O4/c1-3-4-5-6-11(2)15-13(18)10-16-9-12(17(20)21)7-8-14(16)19/h7-9,11H,3-6,10H2,1-2H3,(H,15,18). The van der Waals surface area contributed by atoms with Gasteiger partial charge in [-0.1, -0.05) is 26.2 Å². The van der Waals surface area contributed by atoms with E-state index in [4.69, 9.17) is 0 Å². The van der Waals surface area contributed by atoms with Crippen molar-refractivity contribution in [2.24, 2.45) is 0 Å². The van der Waals surface area contributed by atoms with E-state index in [-0.39, 0.29) is 24.2 Å². The van der Waals surface area contributed by atoms with Crippen LogP contribution in [0.3, 0.4) is 0 Å². The van der Waals surface area contributed by atoms with Crippen LogP contribution in [0.1, 0.15) is 39.5 Å². The molecule has 1 amide bonds. The average Bonchev–Trinajstić information content (AvgIpc) is 2.41. The molecule has 1 rings (SSSR count). The van der Waals surface area contributed by atoms with Crippen LogP contribution in [0.2, 0.25) is 0 Å². The van der Waals surface area contributed by atoms with Gasteiger partial charge in [-0.3, -0.25) is 24.3 Å². The van der Waals surface area contributed by atoms with Crippen molar-refractivity contribution < 1.29 is 9.72 Å². The lowest BCUT2D eigenvalue weighted by Crippen LogP contribution is -2.37. The molecule has 7 nitrogen and oxygen atoms in total. The summed E-state index contributed by atoms with van der Waals surface area (Å²) in [6.07, 6.45) is 5.23. The molecule has 0 radical (unpaired) electrons. The summed E-state index contributed by atoms with van der Waals surface area (Å²) in [4.78, 5) is 33.5. The molecule has 1 N–H and O–H groups in total. The molecule has 7 heteroatoms. The molecule has 21 heavy (non-hydrogen) atoms. The number of pyridine rings is 1. The van der Waals surface area contributed by atoms with Gasteiger partial charge in [0.1, 0.15) is 6.54 Å². The quantitative estimate of drug-likeness (QED) is 0.450. The largest absolute Gasteiger partial charge is 0.352 e. The minimum Gasteiger partial charge on any atom is -0.352 e. The fourth-order valence-corrected chi connectivity index (χ4v) is 2.00. The monoisotopic (exact) mass is 295 g/mol. The second-order valence-electron chi connectivity index (χ2n) is 5.07. The van der Waals surface area contributed by atoms with Crippen molar-refractivity contribution in [3.8, 4) is 0 Å². The van der Waals surface area contributed by atoms with Crippen LogP contribution in [-0.2, 0) is 11.3 Å². The topological polar surface area (TPSA) is 94.2 Å². The van der Waals surface area contributed by atoms with Gasteiger partial charge in [-0.05, 0) is 13.3 Å². The van der Waals surface area contributed by atoms with E-state index in [0.29, 0.717) is 0 Å². The van der Waals surface area contributed by atoms with E-state index >= 15 is 0 Å². The Labute approximate surface area is 123 Å². The number of nitrogens with one attached hydrogen (secondary N) is 1. The number of hydrogen-bond donors (Lipinski definition) is 1. The predicted molar refractivity (Wildman–Crippen MR) is 79.1 cm³/mol. The number of carbonyl (C=O) groups excluding carboxylic acids is 1. The molecular formula is C14H21N3O4. The van der Waals surface area contributed by atoms with Crippen molar-refractivity contribution in [3.05, 3.63) is 38.8 Å². The van der Waals surface area contributed by atoms with Crippen LogP contribution in [0.25, 0.3) is 0 Å². The maximum atomic E-state index is 11.8. The van der Waals surface area contributed by atoms with Crippen molar-refractivity contribution >= 4 is 11.6 Å². The number of nitro groups is 1. The van der Waals surface area contributed by atoms with Crippen molar-refractivity contribution in [2.75, 3.05) is 0 Å². The van der Waals surface area contributed by atoms with E-state index in [9.17, 15) is 19.7 Å². The summed E-state index contributed by atoms with van der Waals surface area (Å²) in [6, 6.07) is 2.25. The zero-order valence-corrected chi connectivity index (χ0v) is 12.4. The summed E-state index contributed by atoms with van der Waals surface area (Å²) in [6.45, 7) is 3.81. The number of rotatable bonds is 8. The average molecular weight is 295 g/mol. The van der Waals surface area contributed by atoms with E-state index in [1.165, 1.54) is 0 Å². The fraction of sp³-hybridized carbons (Fsp3) is 0.571. The van der Waals surface area contributed by atoms with Crippen LogP contribution in [0.5, 0.6) is 0 Å². The first-order chi connectivity index (χ1) is 9.93. The Balaban J connectivity index is 2.60. The highest BCUT2D eigenvalue weighted by Crippen LogP contribution is 2.06. The van der Waals surface area contributed by atoms with Crippen LogP contribution in [-0.4, -0.2) is 21.4 Å². The fourth-order valence-electron chi connectivity index (χ4n) is 2.00. The van der Waals surface area contributed by atoms with E-state index in [2.05, 4.69) is 12.2 Å². The Morgan fingerprint density at radius 2 is 2.14 bits per heavy atom. The molecule has 0 saturated heterocycles. The molecule has 0 aliphatic rings. The van der Waals surface area contributed by atoms with Gasteiger partial charge in [0.2, 0.25) is 5.91 Å². The first kappa shape index (κ1) is 16.9. The van der Waals surface area contributed by atoms with Gasteiger partial charge in [-0.2, -0.15) is 0 Å². The third-order valence-corrected chi connectivity index (χ3v) is 3.14. The maximum absolute atomic E-state index is 11.8. The molecule has 1 heterocycles. The second-order valence-corrected chi connectivity index (χ2v) is 5.07. The van der Waals surface area contributed by atoms with Crippen molar-refractivity contribution in [1.29, 1.82) is 0 Å². The Morgan fingerprint density at radius 3 is 2.76 bits per heavy atom. The van der Waals surface area contributed by atoms with Crippen molar-refractivity contribution in [2.45, 2.75) is 52.1 Å². The number of carbonyl (C=O) groups is 1. The molecule has 0 bridgehead atoms. The lowest BCUT2D eigenvalue weighted by atomic mass is 10.1. The van der Waals surface area contributed by atoms with E-state index in [0.717, 1.165) is 48.6 Å². The molecule has 0 aliphatic heterocycles.